The molecular weight excluding hydrogens is 244 g/mol. The molecule has 0 aliphatic carbocycles. The molecule has 0 aromatic carbocycles. The third kappa shape index (κ3) is 5.07. The zero-order chi connectivity index (χ0) is 14.4. The first-order chi connectivity index (χ1) is 8.90. The number of carbonyl (C=O) groups excluding carboxylic acids is 1. The Morgan fingerprint density at radius 3 is 2.63 bits per heavy atom. The number of hydrogen-bond donors (Lipinski definition) is 1. The molecule has 0 fully saturated rings. The van der Waals surface area contributed by atoms with E-state index in [9.17, 15) is 9.59 Å². The maximum atomic E-state index is 12.2. The van der Waals surface area contributed by atoms with E-state index in [1.54, 1.807) is 6.20 Å². The molecule has 1 aromatic rings. The lowest BCUT2D eigenvalue weighted by Crippen LogP contribution is -2.39. The Kier molecular flexibility index (Phi) is 5.48. The molecule has 1 amide bonds. The van der Waals surface area contributed by atoms with Crippen LogP contribution in [0, 0.1) is 12.8 Å². The van der Waals surface area contributed by atoms with Gasteiger partial charge in [-0.2, -0.15) is 0 Å². The van der Waals surface area contributed by atoms with E-state index >= 15 is 0 Å². The lowest BCUT2D eigenvalue weighted by molar-refractivity contribution is -0.144. The van der Waals surface area contributed by atoms with E-state index in [-0.39, 0.29) is 24.8 Å². The van der Waals surface area contributed by atoms with Gasteiger partial charge in [-0.15, -0.1) is 0 Å². The van der Waals surface area contributed by atoms with Crippen molar-refractivity contribution in [2.24, 2.45) is 5.92 Å². The first kappa shape index (κ1) is 15.1. The monoisotopic (exact) mass is 264 g/mol. The second-order valence-corrected chi connectivity index (χ2v) is 5.01. The molecule has 0 radical (unpaired) electrons. The summed E-state index contributed by atoms with van der Waals surface area (Å²) in [5, 5.41) is 8.86. The van der Waals surface area contributed by atoms with Crippen LogP contribution in [-0.2, 0) is 16.0 Å². The SMILES string of the molecule is Cc1cccnc1CC(=O)N(CC(=O)O)CC(C)C. The first-order valence-corrected chi connectivity index (χ1v) is 6.30. The lowest BCUT2D eigenvalue weighted by atomic mass is 10.1. The van der Waals surface area contributed by atoms with Crippen LogP contribution in [-0.4, -0.2) is 40.0 Å². The van der Waals surface area contributed by atoms with Gasteiger partial charge in [-0.05, 0) is 24.5 Å². The minimum Gasteiger partial charge on any atom is -0.480 e. The van der Waals surface area contributed by atoms with Crippen molar-refractivity contribution in [3.63, 3.8) is 0 Å². The molecule has 0 saturated carbocycles. The Morgan fingerprint density at radius 1 is 1.42 bits per heavy atom. The van der Waals surface area contributed by atoms with Crippen LogP contribution in [0.2, 0.25) is 0 Å². The van der Waals surface area contributed by atoms with E-state index in [1.165, 1.54) is 4.90 Å². The van der Waals surface area contributed by atoms with Crippen LogP contribution < -0.4 is 0 Å². The number of carboxylic acids is 1. The summed E-state index contributed by atoms with van der Waals surface area (Å²) in [4.78, 5) is 28.5. The smallest absolute Gasteiger partial charge is 0.323 e. The molecule has 5 nitrogen and oxygen atoms in total. The average molecular weight is 264 g/mol. The van der Waals surface area contributed by atoms with E-state index in [2.05, 4.69) is 4.98 Å². The molecule has 1 aromatic heterocycles. The summed E-state index contributed by atoms with van der Waals surface area (Å²) in [5.41, 5.74) is 1.64. The number of carboxylic acid groups (broad SMARTS) is 1. The summed E-state index contributed by atoms with van der Waals surface area (Å²) in [6.45, 7) is 5.97. The topological polar surface area (TPSA) is 70.5 Å². The van der Waals surface area contributed by atoms with Gasteiger partial charge in [0.15, 0.2) is 0 Å². The maximum Gasteiger partial charge on any atom is 0.323 e. The fraction of sp³-hybridized carbons (Fsp3) is 0.500. The van der Waals surface area contributed by atoms with Gasteiger partial charge in [-0.3, -0.25) is 14.6 Å². The number of pyridine rings is 1. The highest BCUT2D eigenvalue weighted by molar-refractivity contribution is 5.82. The fourth-order valence-corrected chi connectivity index (χ4v) is 1.82. The third-order valence-corrected chi connectivity index (χ3v) is 2.70. The Labute approximate surface area is 113 Å². The van der Waals surface area contributed by atoms with Gasteiger partial charge in [-0.1, -0.05) is 19.9 Å². The molecule has 0 atom stereocenters. The van der Waals surface area contributed by atoms with Crippen molar-refractivity contribution in [1.29, 1.82) is 0 Å². The number of aryl methyl sites for hydroxylation is 1. The van der Waals surface area contributed by atoms with Crippen molar-refractivity contribution in [3.05, 3.63) is 29.6 Å². The first-order valence-electron chi connectivity index (χ1n) is 6.30. The predicted octanol–water partition coefficient (Wildman–Crippen LogP) is 1.50. The molecule has 5 heteroatoms. The zero-order valence-corrected chi connectivity index (χ0v) is 11.6. The third-order valence-electron chi connectivity index (χ3n) is 2.70. The minimum absolute atomic E-state index is 0.146. The van der Waals surface area contributed by atoms with E-state index in [1.807, 2.05) is 32.9 Å². The molecule has 0 aliphatic heterocycles. The van der Waals surface area contributed by atoms with Gasteiger partial charge in [0.05, 0.1) is 12.1 Å². The highest BCUT2D eigenvalue weighted by Gasteiger charge is 2.19. The lowest BCUT2D eigenvalue weighted by Gasteiger charge is -2.22. The second-order valence-electron chi connectivity index (χ2n) is 5.01. The van der Waals surface area contributed by atoms with Crippen LogP contribution in [0.1, 0.15) is 25.1 Å². The summed E-state index contributed by atoms with van der Waals surface area (Å²) in [6, 6.07) is 3.70. The van der Waals surface area contributed by atoms with Crippen LogP contribution >= 0.6 is 0 Å². The second kappa shape index (κ2) is 6.87. The quantitative estimate of drug-likeness (QED) is 0.845. The van der Waals surface area contributed by atoms with Crippen molar-refractivity contribution in [2.75, 3.05) is 13.1 Å². The summed E-state index contributed by atoms with van der Waals surface area (Å²) in [7, 11) is 0. The largest absolute Gasteiger partial charge is 0.480 e. The van der Waals surface area contributed by atoms with Gasteiger partial charge < -0.3 is 10.0 Å². The van der Waals surface area contributed by atoms with Crippen LogP contribution in [0.5, 0.6) is 0 Å². The molecule has 1 N–H and O–H groups in total. The van der Waals surface area contributed by atoms with Gasteiger partial charge in [-0.25, -0.2) is 0 Å². The number of aromatic nitrogens is 1. The van der Waals surface area contributed by atoms with Gasteiger partial charge in [0.25, 0.3) is 0 Å². The summed E-state index contributed by atoms with van der Waals surface area (Å²) < 4.78 is 0. The minimum atomic E-state index is -0.994. The van der Waals surface area contributed by atoms with Crippen LogP contribution in [0.4, 0.5) is 0 Å². The number of aliphatic carboxylic acids is 1. The van der Waals surface area contributed by atoms with Gasteiger partial charge in [0.2, 0.25) is 5.91 Å². The van der Waals surface area contributed by atoms with E-state index in [0.29, 0.717) is 12.2 Å². The Balaban J connectivity index is 2.76. The summed E-state index contributed by atoms with van der Waals surface area (Å²) >= 11 is 0. The van der Waals surface area contributed by atoms with Crippen molar-refractivity contribution in [3.8, 4) is 0 Å². The standard InChI is InChI=1S/C14H20N2O3/c1-10(2)8-16(9-14(18)19)13(17)7-12-11(3)5-4-6-15-12/h4-6,10H,7-9H2,1-3H3,(H,18,19). The van der Waals surface area contributed by atoms with Crippen LogP contribution in [0.25, 0.3) is 0 Å². The highest BCUT2D eigenvalue weighted by Crippen LogP contribution is 2.07. The van der Waals surface area contributed by atoms with Gasteiger partial charge in [0, 0.05) is 12.7 Å². The number of carbonyl (C=O) groups is 2. The molecule has 1 heterocycles. The summed E-state index contributed by atoms with van der Waals surface area (Å²) in [6.07, 6.45) is 1.78. The van der Waals surface area contributed by atoms with Crippen LogP contribution in [0.15, 0.2) is 18.3 Å². The molecule has 0 spiro atoms. The van der Waals surface area contributed by atoms with Crippen molar-refractivity contribution < 1.29 is 14.7 Å². The maximum absolute atomic E-state index is 12.2. The van der Waals surface area contributed by atoms with Gasteiger partial charge in [0.1, 0.15) is 6.54 Å². The number of hydrogen-bond acceptors (Lipinski definition) is 3. The molecule has 0 unspecified atom stereocenters. The summed E-state index contributed by atoms with van der Waals surface area (Å²) in [5.74, 6) is -0.960. The van der Waals surface area contributed by atoms with E-state index in [4.69, 9.17) is 5.11 Å². The van der Waals surface area contributed by atoms with E-state index in [0.717, 1.165) is 5.56 Å². The Hall–Kier alpha value is -1.91. The van der Waals surface area contributed by atoms with E-state index < -0.39 is 5.97 Å². The molecule has 104 valence electrons. The van der Waals surface area contributed by atoms with Crippen molar-refractivity contribution in [1.82, 2.24) is 9.88 Å². The highest BCUT2D eigenvalue weighted by atomic mass is 16.4. The molecular formula is C14H20N2O3. The predicted molar refractivity (Wildman–Crippen MR) is 71.7 cm³/mol. The number of amides is 1. The molecule has 1 rings (SSSR count). The number of nitrogens with zero attached hydrogens (tertiary/aromatic N) is 2. The number of rotatable bonds is 6. The van der Waals surface area contributed by atoms with Gasteiger partial charge >= 0.3 is 5.97 Å². The fourth-order valence-electron chi connectivity index (χ4n) is 1.82. The molecule has 0 bridgehead atoms. The molecule has 0 saturated heterocycles. The normalized spacial score (nSPS) is 10.5. The Bertz CT molecular complexity index is 458. The van der Waals surface area contributed by atoms with Crippen molar-refractivity contribution >= 4 is 11.9 Å². The molecule has 19 heavy (non-hydrogen) atoms. The Morgan fingerprint density at radius 2 is 2.11 bits per heavy atom. The zero-order valence-electron chi connectivity index (χ0n) is 11.6. The van der Waals surface area contributed by atoms with Crippen LogP contribution in [0.3, 0.4) is 0 Å². The average Bonchev–Trinajstić information content (AvgIpc) is 2.30. The molecule has 0 aliphatic rings. The van der Waals surface area contributed by atoms with Crippen molar-refractivity contribution in [2.45, 2.75) is 27.2 Å².